The van der Waals surface area contributed by atoms with Gasteiger partial charge in [0, 0.05) is 44.6 Å². The van der Waals surface area contributed by atoms with E-state index >= 15 is 0 Å². The molecule has 2 aliphatic heterocycles. The summed E-state index contributed by atoms with van der Waals surface area (Å²) in [5.41, 5.74) is 1.12. The second kappa shape index (κ2) is 7.51. The zero-order valence-corrected chi connectivity index (χ0v) is 15.8. The topological polar surface area (TPSA) is 58.4 Å². The van der Waals surface area contributed by atoms with Crippen molar-refractivity contribution in [2.45, 2.75) is 64.0 Å². The van der Waals surface area contributed by atoms with Crippen LogP contribution in [0.2, 0.25) is 0 Å². The summed E-state index contributed by atoms with van der Waals surface area (Å²) in [7, 11) is 0. The molecule has 1 saturated carbocycles. The van der Waals surface area contributed by atoms with E-state index in [9.17, 15) is 9.59 Å². The predicted octanol–water partition coefficient (Wildman–Crippen LogP) is 1.84. The normalized spacial score (nSPS) is 25.0. The van der Waals surface area contributed by atoms with Gasteiger partial charge in [0.05, 0.1) is 5.69 Å². The number of piperidine rings is 1. The number of carbonyl (C=O) groups is 1. The number of carbonyl (C=O) groups excluding carboxylic acids is 1. The van der Waals surface area contributed by atoms with Gasteiger partial charge < -0.3 is 9.80 Å². The molecule has 1 aromatic heterocycles. The molecule has 3 fully saturated rings. The van der Waals surface area contributed by atoms with Gasteiger partial charge in [-0.05, 0) is 63.6 Å². The van der Waals surface area contributed by atoms with E-state index in [0.717, 1.165) is 64.1 Å². The van der Waals surface area contributed by atoms with Gasteiger partial charge in [-0.25, -0.2) is 4.68 Å². The lowest BCUT2D eigenvalue weighted by Crippen LogP contribution is -2.45. The van der Waals surface area contributed by atoms with Crippen LogP contribution in [0.5, 0.6) is 0 Å². The van der Waals surface area contributed by atoms with Crippen molar-refractivity contribution in [1.82, 2.24) is 19.6 Å². The minimum atomic E-state index is 0.0277. The highest BCUT2D eigenvalue weighted by Crippen LogP contribution is 2.38. The van der Waals surface area contributed by atoms with Crippen molar-refractivity contribution in [3.8, 4) is 0 Å². The first-order chi connectivity index (χ1) is 12.6. The van der Waals surface area contributed by atoms with Crippen LogP contribution in [-0.4, -0.2) is 57.7 Å². The molecule has 0 N–H and O–H groups in total. The molecule has 1 amide bonds. The van der Waals surface area contributed by atoms with Crippen molar-refractivity contribution < 1.29 is 4.79 Å². The average Bonchev–Trinajstić information content (AvgIpc) is 3.37. The lowest BCUT2D eigenvalue weighted by molar-refractivity contribution is -0.130. The molecular formula is C20H30N4O2. The molecule has 1 aliphatic carbocycles. The molecule has 1 aromatic rings. The van der Waals surface area contributed by atoms with E-state index in [1.165, 1.54) is 12.8 Å². The SMILES string of the molecule is CC(=O)N1CCCC1CN1CCC(Cn2nc(C3CC3)ccc2=O)CC1. The van der Waals surface area contributed by atoms with Gasteiger partial charge in [0.2, 0.25) is 5.91 Å². The Morgan fingerprint density at radius 3 is 2.54 bits per heavy atom. The van der Waals surface area contributed by atoms with Crippen molar-refractivity contribution in [2.24, 2.45) is 5.92 Å². The summed E-state index contributed by atoms with van der Waals surface area (Å²) in [5, 5.41) is 4.61. The van der Waals surface area contributed by atoms with Gasteiger partial charge in [0.1, 0.15) is 0 Å². The first kappa shape index (κ1) is 17.7. The van der Waals surface area contributed by atoms with E-state index in [4.69, 9.17) is 0 Å². The Morgan fingerprint density at radius 1 is 1.08 bits per heavy atom. The molecule has 1 atom stereocenters. The summed E-state index contributed by atoms with van der Waals surface area (Å²) in [5.74, 6) is 1.32. The van der Waals surface area contributed by atoms with Crippen molar-refractivity contribution in [3.05, 3.63) is 28.2 Å². The fourth-order valence-electron chi connectivity index (χ4n) is 4.53. The van der Waals surface area contributed by atoms with E-state index < -0.39 is 0 Å². The van der Waals surface area contributed by atoms with Gasteiger partial charge in [-0.15, -0.1) is 0 Å². The number of hydrogen-bond acceptors (Lipinski definition) is 4. The van der Waals surface area contributed by atoms with Crippen LogP contribution >= 0.6 is 0 Å². The van der Waals surface area contributed by atoms with Crippen LogP contribution in [0.4, 0.5) is 0 Å². The van der Waals surface area contributed by atoms with Gasteiger partial charge in [0.25, 0.3) is 5.56 Å². The quantitative estimate of drug-likeness (QED) is 0.806. The van der Waals surface area contributed by atoms with E-state index in [-0.39, 0.29) is 11.5 Å². The third-order valence-corrected chi connectivity index (χ3v) is 6.27. The van der Waals surface area contributed by atoms with Crippen LogP contribution in [0, 0.1) is 5.92 Å². The summed E-state index contributed by atoms with van der Waals surface area (Å²) in [6.45, 7) is 6.47. The Bertz CT molecular complexity index is 704. The van der Waals surface area contributed by atoms with Crippen LogP contribution in [-0.2, 0) is 11.3 Å². The third-order valence-electron chi connectivity index (χ3n) is 6.27. The second-order valence-electron chi connectivity index (χ2n) is 8.31. The third kappa shape index (κ3) is 4.00. The van der Waals surface area contributed by atoms with Gasteiger partial charge in [-0.3, -0.25) is 9.59 Å². The number of rotatable bonds is 5. The summed E-state index contributed by atoms with van der Waals surface area (Å²) >= 11 is 0. The lowest BCUT2D eigenvalue weighted by atomic mass is 9.96. The Hall–Kier alpha value is -1.69. The molecule has 3 heterocycles. The van der Waals surface area contributed by atoms with Crippen LogP contribution < -0.4 is 5.56 Å². The van der Waals surface area contributed by atoms with Gasteiger partial charge in [0.15, 0.2) is 0 Å². The maximum atomic E-state index is 12.1. The Labute approximate surface area is 155 Å². The monoisotopic (exact) mass is 358 g/mol. The molecule has 3 aliphatic rings. The first-order valence-electron chi connectivity index (χ1n) is 10.2. The molecule has 6 heteroatoms. The highest BCUT2D eigenvalue weighted by atomic mass is 16.2. The number of likely N-dealkylation sites (tertiary alicyclic amines) is 2. The molecule has 0 spiro atoms. The van der Waals surface area contributed by atoms with Gasteiger partial charge >= 0.3 is 0 Å². The van der Waals surface area contributed by atoms with E-state index in [1.54, 1.807) is 17.7 Å². The molecule has 0 bridgehead atoms. The minimum Gasteiger partial charge on any atom is -0.339 e. The fraction of sp³-hybridized carbons (Fsp3) is 0.750. The summed E-state index contributed by atoms with van der Waals surface area (Å²) in [6.07, 6.45) is 6.90. The maximum Gasteiger partial charge on any atom is 0.266 e. The van der Waals surface area contributed by atoms with E-state index in [1.807, 2.05) is 11.0 Å². The van der Waals surface area contributed by atoms with Crippen molar-refractivity contribution in [1.29, 1.82) is 0 Å². The highest BCUT2D eigenvalue weighted by molar-refractivity contribution is 5.73. The number of amides is 1. The maximum absolute atomic E-state index is 12.1. The molecule has 4 rings (SSSR count). The van der Waals surface area contributed by atoms with Gasteiger partial charge in [-0.1, -0.05) is 0 Å². The fourth-order valence-corrected chi connectivity index (χ4v) is 4.53. The average molecular weight is 358 g/mol. The second-order valence-corrected chi connectivity index (χ2v) is 8.31. The first-order valence-corrected chi connectivity index (χ1v) is 10.2. The van der Waals surface area contributed by atoms with Crippen LogP contribution in [0.3, 0.4) is 0 Å². The van der Waals surface area contributed by atoms with Crippen LogP contribution in [0.1, 0.15) is 57.1 Å². The Morgan fingerprint density at radius 2 is 1.85 bits per heavy atom. The number of hydrogen-bond donors (Lipinski definition) is 0. The highest BCUT2D eigenvalue weighted by Gasteiger charge is 2.30. The predicted molar refractivity (Wildman–Crippen MR) is 100 cm³/mol. The minimum absolute atomic E-state index is 0.0277. The van der Waals surface area contributed by atoms with Crippen molar-refractivity contribution in [3.63, 3.8) is 0 Å². The Kier molecular flexibility index (Phi) is 5.11. The molecule has 0 radical (unpaired) electrons. The zero-order chi connectivity index (χ0) is 18.1. The van der Waals surface area contributed by atoms with E-state index in [2.05, 4.69) is 10.00 Å². The van der Waals surface area contributed by atoms with Crippen molar-refractivity contribution >= 4 is 5.91 Å². The van der Waals surface area contributed by atoms with Crippen LogP contribution in [0.15, 0.2) is 16.9 Å². The molecule has 1 unspecified atom stereocenters. The molecule has 6 nitrogen and oxygen atoms in total. The Balaban J connectivity index is 1.29. The molecule has 26 heavy (non-hydrogen) atoms. The zero-order valence-electron chi connectivity index (χ0n) is 15.8. The summed E-state index contributed by atoms with van der Waals surface area (Å²) in [4.78, 5) is 28.4. The number of nitrogens with zero attached hydrogens (tertiary/aromatic N) is 4. The van der Waals surface area contributed by atoms with Crippen molar-refractivity contribution in [2.75, 3.05) is 26.2 Å². The van der Waals surface area contributed by atoms with Crippen LogP contribution in [0.25, 0.3) is 0 Å². The molecule has 142 valence electrons. The summed E-state index contributed by atoms with van der Waals surface area (Å²) < 4.78 is 1.70. The van der Waals surface area contributed by atoms with E-state index in [0.29, 0.717) is 17.9 Å². The largest absolute Gasteiger partial charge is 0.339 e. The summed E-state index contributed by atoms with van der Waals surface area (Å²) in [6, 6.07) is 3.98. The van der Waals surface area contributed by atoms with Gasteiger partial charge in [-0.2, -0.15) is 5.10 Å². The standard InChI is InChI=1S/C20H30N4O2/c1-15(25)23-10-2-3-18(23)14-22-11-8-16(9-12-22)13-24-20(26)7-6-19(21-24)17-4-5-17/h6-7,16-18H,2-5,8-14H2,1H3. The lowest BCUT2D eigenvalue weighted by Gasteiger charge is -2.35. The molecular weight excluding hydrogens is 328 g/mol. The number of aromatic nitrogens is 2. The molecule has 0 aromatic carbocycles. The molecule has 2 saturated heterocycles. The smallest absolute Gasteiger partial charge is 0.266 e.